The van der Waals surface area contributed by atoms with E-state index in [0.29, 0.717) is 24.3 Å². The van der Waals surface area contributed by atoms with Gasteiger partial charge in [-0.2, -0.15) is 0 Å². The van der Waals surface area contributed by atoms with E-state index < -0.39 is 32.7 Å². The van der Waals surface area contributed by atoms with Crippen molar-refractivity contribution in [2.24, 2.45) is 23.2 Å². The van der Waals surface area contributed by atoms with Gasteiger partial charge in [-0.1, -0.05) is 67.3 Å². The number of esters is 2. The molecule has 1 aromatic heterocycles. The largest absolute Gasteiger partial charge is 0.465 e. The molecule has 51 heavy (non-hydrogen) atoms. The Morgan fingerprint density at radius 1 is 1.10 bits per heavy atom. The zero-order valence-corrected chi connectivity index (χ0v) is 30.6. The average molecular weight is 744 g/mol. The van der Waals surface area contributed by atoms with Crippen molar-refractivity contribution >= 4 is 33.4 Å². The van der Waals surface area contributed by atoms with Crippen LogP contribution in [0.4, 0.5) is 0 Å². The number of hydrogen-bond acceptors (Lipinski definition) is 11. The van der Waals surface area contributed by atoms with Crippen LogP contribution in [0.25, 0.3) is 0 Å². The normalized spacial score (nSPS) is 21.1. The molecule has 1 aromatic carbocycles. The Morgan fingerprint density at radius 3 is 2.43 bits per heavy atom. The van der Waals surface area contributed by atoms with E-state index in [2.05, 4.69) is 59.3 Å². The standard InChI is InChI=1S/C37H46ClN3O9S/c1-5-37(4)18-15-30(23-32(37)27(2)24-38)28(3)25-40-19-16-29(17-20-40)26-49-34(43)14-13-33(42)47-21-9-10-22-48-35-36(41(44)50-39-35)51(45,46)31-11-7-6-8-12-31/h5-8,11-12,29-30,32H,1-3,13-26H2,4H3/t30-,32+,37-/m1/s1. The summed E-state index contributed by atoms with van der Waals surface area (Å²) >= 11 is 6.17. The molecule has 276 valence electrons. The first-order chi connectivity index (χ1) is 24.4. The van der Waals surface area contributed by atoms with Crippen LogP contribution in [0.1, 0.15) is 51.9 Å². The Balaban J connectivity index is 1.08. The molecule has 0 spiro atoms. The zero-order valence-electron chi connectivity index (χ0n) is 29.0. The van der Waals surface area contributed by atoms with Crippen LogP contribution >= 0.6 is 11.6 Å². The molecule has 0 bridgehead atoms. The molecule has 0 N–H and O–H groups in total. The lowest BCUT2D eigenvalue weighted by Gasteiger charge is -2.45. The molecular formula is C37H46ClN3O9S. The first kappa shape index (κ1) is 39.7. The summed E-state index contributed by atoms with van der Waals surface area (Å²) < 4.78 is 45.6. The fourth-order valence-electron chi connectivity index (χ4n) is 6.52. The van der Waals surface area contributed by atoms with Crippen molar-refractivity contribution in [3.8, 4) is 17.7 Å². The lowest BCUT2D eigenvalue weighted by Crippen LogP contribution is -2.39. The van der Waals surface area contributed by atoms with E-state index in [9.17, 15) is 23.2 Å². The summed E-state index contributed by atoms with van der Waals surface area (Å²) in [5.41, 5.74) is 2.33. The quantitative estimate of drug-likeness (QED) is 0.0746. The molecule has 2 heterocycles. The van der Waals surface area contributed by atoms with Crippen LogP contribution in [-0.4, -0.2) is 75.7 Å². The van der Waals surface area contributed by atoms with Gasteiger partial charge in [0.25, 0.3) is 9.84 Å². The molecular weight excluding hydrogens is 698 g/mol. The van der Waals surface area contributed by atoms with Gasteiger partial charge in [-0.05, 0) is 85.4 Å². The minimum Gasteiger partial charge on any atom is -0.465 e. The molecule has 2 aromatic rings. The Morgan fingerprint density at radius 2 is 1.76 bits per heavy atom. The van der Waals surface area contributed by atoms with Crippen molar-refractivity contribution in [1.29, 1.82) is 0 Å². The highest BCUT2D eigenvalue weighted by molar-refractivity contribution is 7.91. The summed E-state index contributed by atoms with van der Waals surface area (Å²) in [7, 11) is -4.26. The van der Waals surface area contributed by atoms with Crippen LogP contribution in [0.3, 0.4) is 0 Å². The number of halogens is 1. The van der Waals surface area contributed by atoms with Gasteiger partial charge in [0.15, 0.2) is 13.2 Å². The highest BCUT2D eigenvalue weighted by atomic mass is 35.5. The molecule has 1 saturated carbocycles. The maximum atomic E-state index is 12.8. The number of aromatic nitrogens is 2. The fourth-order valence-corrected chi connectivity index (χ4v) is 8.00. The number of benzene rings is 1. The first-order valence-electron chi connectivity index (χ1n) is 16.9. The van der Waals surface area contributed by atoms with Crippen molar-refractivity contribution in [3.05, 3.63) is 72.5 Å². The number of hydrogen-bond donors (Lipinski definition) is 0. The number of carbonyl (C=O) groups excluding carboxylic acids is 2. The zero-order chi connectivity index (χ0) is 37.0. The Labute approximate surface area is 304 Å². The summed E-state index contributed by atoms with van der Waals surface area (Å²) in [4.78, 5) is 26.4. The number of rotatable bonds is 16. The smallest absolute Gasteiger partial charge is 0.415 e. The summed E-state index contributed by atoms with van der Waals surface area (Å²) in [5, 5.41) is 14.5. The first-order valence-corrected chi connectivity index (χ1v) is 19.0. The summed E-state index contributed by atoms with van der Waals surface area (Å²) in [6, 6.07) is 7.27. The molecule has 0 radical (unpaired) electrons. The SMILES string of the molecule is C=C[C@]1(C)CC[C@@H](C(=C)CN2CCC(COC(=O)CCC(=O)OCC#CCOc3no[n+]([O-])c3S(=O)(=O)c3ccccc3)CC2)C[C@H]1C(=C)CCl. The van der Waals surface area contributed by atoms with Gasteiger partial charge in [0, 0.05) is 12.4 Å². The third-order valence-corrected chi connectivity index (χ3v) is 11.8. The van der Waals surface area contributed by atoms with Crippen LogP contribution < -0.4 is 9.64 Å². The van der Waals surface area contributed by atoms with Crippen LogP contribution in [0.5, 0.6) is 5.88 Å². The van der Waals surface area contributed by atoms with Crippen LogP contribution in [-0.2, 0) is 28.9 Å². The van der Waals surface area contributed by atoms with E-state index >= 15 is 0 Å². The van der Waals surface area contributed by atoms with Crippen LogP contribution in [0.15, 0.2) is 81.8 Å². The van der Waals surface area contributed by atoms with Gasteiger partial charge in [-0.3, -0.25) is 19.1 Å². The average Bonchev–Trinajstić information content (AvgIpc) is 3.52. The van der Waals surface area contributed by atoms with Gasteiger partial charge in [0.05, 0.1) is 29.5 Å². The molecule has 4 rings (SSSR count). The van der Waals surface area contributed by atoms with E-state index in [1.165, 1.54) is 29.8 Å². The second-order valence-electron chi connectivity index (χ2n) is 13.2. The van der Waals surface area contributed by atoms with Crippen LogP contribution in [0, 0.1) is 40.2 Å². The van der Waals surface area contributed by atoms with E-state index in [4.69, 9.17) is 25.8 Å². The topological polar surface area (TPSA) is 152 Å². The molecule has 2 fully saturated rings. The van der Waals surface area contributed by atoms with Gasteiger partial charge >= 0.3 is 22.8 Å². The highest BCUT2D eigenvalue weighted by Crippen LogP contribution is 2.49. The Bertz CT molecular complexity index is 1730. The maximum absolute atomic E-state index is 12.8. The lowest BCUT2D eigenvalue weighted by molar-refractivity contribution is -0.832. The van der Waals surface area contributed by atoms with E-state index in [0.717, 1.165) is 57.3 Å². The van der Waals surface area contributed by atoms with E-state index in [-0.39, 0.29) is 47.2 Å². The Hall–Kier alpha value is -4.12. The number of allylic oxidation sites excluding steroid dienone is 2. The predicted octanol–water partition coefficient (Wildman–Crippen LogP) is 5.06. The predicted molar refractivity (Wildman–Crippen MR) is 189 cm³/mol. The maximum Gasteiger partial charge on any atom is 0.415 e. The number of ether oxygens (including phenoxy) is 3. The molecule has 3 atom stereocenters. The molecule has 2 aliphatic rings. The number of piperidine rings is 1. The van der Waals surface area contributed by atoms with Crippen molar-refractivity contribution < 1.29 is 41.7 Å². The highest BCUT2D eigenvalue weighted by Gasteiger charge is 2.40. The lowest BCUT2D eigenvalue weighted by atomic mass is 9.61. The second kappa shape index (κ2) is 18.4. The van der Waals surface area contributed by atoms with Crippen molar-refractivity contribution in [2.75, 3.05) is 45.3 Å². The second-order valence-corrected chi connectivity index (χ2v) is 15.4. The van der Waals surface area contributed by atoms with Crippen molar-refractivity contribution in [1.82, 2.24) is 10.1 Å². The third-order valence-electron chi connectivity index (χ3n) is 9.77. The number of likely N-dealkylation sites (tertiary alicyclic amines) is 1. The van der Waals surface area contributed by atoms with Crippen molar-refractivity contribution in [2.45, 2.75) is 61.8 Å². The molecule has 1 aliphatic carbocycles. The van der Waals surface area contributed by atoms with Gasteiger partial charge in [-0.25, -0.2) is 8.42 Å². The van der Waals surface area contributed by atoms with E-state index in [1.807, 2.05) is 0 Å². The molecule has 14 heteroatoms. The minimum atomic E-state index is -4.26. The van der Waals surface area contributed by atoms with Crippen LogP contribution in [0.2, 0.25) is 0 Å². The van der Waals surface area contributed by atoms with Crippen molar-refractivity contribution in [3.63, 3.8) is 0 Å². The Kier molecular flexibility index (Phi) is 14.3. The minimum absolute atomic E-state index is 0.0148. The van der Waals surface area contributed by atoms with E-state index in [1.54, 1.807) is 6.07 Å². The third kappa shape index (κ3) is 10.7. The number of carbonyl (C=O) groups is 2. The molecule has 0 amide bonds. The van der Waals surface area contributed by atoms with Gasteiger partial charge in [0.1, 0.15) is 0 Å². The molecule has 1 saturated heterocycles. The molecule has 1 aliphatic heterocycles. The van der Waals surface area contributed by atoms with Gasteiger partial charge < -0.3 is 19.4 Å². The summed E-state index contributed by atoms with van der Waals surface area (Å²) in [6.07, 6.45) is 6.73. The summed E-state index contributed by atoms with van der Waals surface area (Å²) in [6.45, 7) is 17.4. The van der Waals surface area contributed by atoms with Gasteiger partial charge in [-0.15, -0.1) is 18.2 Å². The molecule has 0 unspecified atom stereocenters. The van der Waals surface area contributed by atoms with Gasteiger partial charge in [0.2, 0.25) is 0 Å². The number of nitrogens with zero attached hydrogens (tertiary/aromatic N) is 3. The monoisotopic (exact) mass is 743 g/mol. The summed E-state index contributed by atoms with van der Waals surface area (Å²) in [5.74, 6) is 4.87. The molecule has 12 nitrogen and oxygen atoms in total. The fraction of sp³-hybridized carbons (Fsp3) is 0.514. The number of sulfone groups is 1. The number of alkyl halides is 1.